The van der Waals surface area contributed by atoms with Gasteiger partial charge in [0.25, 0.3) is 0 Å². The minimum atomic E-state index is -3.10. The van der Waals surface area contributed by atoms with Gasteiger partial charge in [0.15, 0.2) is 0 Å². The highest BCUT2D eigenvalue weighted by molar-refractivity contribution is 7.89. The monoisotopic (exact) mass is 250 g/mol. The van der Waals surface area contributed by atoms with Crippen molar-refractivity contribution in [3.63, 3.8) is 0 Å². The Balaban J connectivity index is 3.79. The average molecular weight is 250 g/mol. The quantitative estimate of drug-likeness (QED) is 0.607. The smallest absolute Gasteiger partial charge is 0.211 e. The van der Waals surface area contributed by atoms with Gasteiger partial charge in [0.05, 0.1) is 5.75 Å². The van der Waals surface area contributed by atoms with Gasteiger partial charge in [-0.05, 0) is 38.8 Å². The predicted octanol–water partition coefficient (Wildman–Crippen LogP) is 1.34. The van der Waals surface area contributed by atoms with Gasteiger partial charge in [0.2, 0.25) is 10.0 Å². The molecule has 0 aliphatic heterocycles. The molecule has 2 N–H and O–H groups in total. The first-order valence-corrected chi connectivity index (χ1v) is 7.75. The third-order valence-corrected chi connectivity index (χ3v) is 4.12. The van der Waals surface area contributed by atoms with Crippen LogP contribution in [0.15, 0.2) is 0 Å². The molecule has 0 aliphatic rings. The first-order valence-electron chi connectivity index (χ1n) is 6.09. The molecule has 1 unspecified atom stereocenters. The second-order valence-electron chi connectivity index (χ2n) is 4.57. The van der Waals surface area contributed by atoms with Gasteiger partial charge in [0.1, 0.15) is 0 Å². The fourth-order valence-corrected chi connectivity index (χ4v) is 2.65. The van der Waals surface area contributed by atoms with E-state index in [9.17, 15) is 8.42 Å². The van der Waals surface area contributed by atoms with Crippen LogP contribution in [0.1, 0.15) is 40.5 Å². The van der Waals surface area contributed by atoms with Gasteiger partial charge < -0.3 is 5.32 Å². The van der Waals surface area contributed by atoms with E-state index < -0.39 is 10.0 Å². The van der Waals surface area contributed by atoms with Crippen LogP contribution >= 0.6 is 0 Å². The topological polar surface area (TPSA) is 58.2 Å². The van der Waals surface area contributed by atoms with Crippen LogP contribution in [-0.4, -0.2) is 33.3 Å². The van der Waals surface area contributed by atoms with Gasteiger partial charge in [0, 0.05) is 6.04 Å². The van der Waals surface area contributed by atoms with Crippen molar-refractivity contribution < 1.29 is 8.42 Å². The van der Waals surface area contributed by atoms with Crippen molar-refractivity contribution in [2.24, 2.45) is 5.92 Å². The molecule has 0 aromatic heterocycles. The second-order valence-corrected chi connectivity index (χ2v) is 6.45. The van der Waals surface area contributed by atoms with Crippen molar-refractivity contribution in [3.8, 4) is 0 Å². The van der Waals surface area contributed by atoms with Crippen LogP contribution in [0.2, 0.25) is 0 Å². The normalized spacial score (nSPS) is 14.3. The summed E-state index contributed by atoms with van der Waals surface area (Å²) in [5.74, 6) is 0.536. The summed E-state index contributed by atoms with van der Waals surface area (Å²) in [5, 5.41) is 3.19. The van der Waals surface area contributed by atoms with E-state index in [1.54, 1.807) is 0 Å². The maximum absolute atomic E-state index is 11.6. The molecular weight excluding hydrogens is 224 g/mol. The number of sulfonamides is 1. The molecule has 0 radical (unpaired) electrons. The molecule has 0 saturated carbocycles. The van der Waals surface area contributed by atoms with E-state index in [0.717, 1.165) is 19.5 Å². The lowest BCUT2D eigenvalue weighted by Gasteiger charge is -2.17. The van der Waals surface area contributed by atoms with Gasteiger partial charge in [-0.15, -0.1) is 0 Å². The molecule has 0 heterocycles. The Morgan fingerprint density at radius 1 is 1.12 bits per heavy atom. The van der Waals surface area contributed by atoms with Gasteiger partial charge in [-0.25, -0.2) is 13.1 Å². The molecule has 16 heavy (non-hydrogen) atoms. The van der Waals surface area contributed by atoms with Gasteiger partial charge in [-0.2, -0.15) is 0 Å². The zero-order chi connectivity index (χ0) is 12.6. The van der Waals surface area contributed by atoms with Crippen molar-refractivity contribution in [1.82, 2.24) is 10.0 Å². The summed E-state index contributed by atoms with van der Waals surface area (Å²) in [6.07, 6.45) is 1.75. The third kappa shape index (κ3) is 8.07. The molecule has 0 amide bonds. The molecule has 0 saturated heterocycles. The van der Waals surface area contributed by atoms with E-state index in [1.807, 2.05) is 20.8 Å². The molecule has 0 rings (SSSR count). The highest BCUT2D eigenvalue weighted by Gasteiger charge is 2.15. The highest BCUT2D eigenvalue weighted by Crippen LogP contribution is 2.02. The summed E-state index contributed by atoms with van der Waals surface area (Å²) in [6.45, 7) is 9.74. The standard InChI is InChI=1S/C11H26N2O2S/c1-5-7-12-8-6-9-16(14,15)13-11(4)10(2)3/h10-13H,5-9H2,1-4H3. The van der Waals surface area contributed by atoms with Gasteiger partial charge in [-0.3, -0.25) is 0 Å². The van der Waals surface area contributed by atoms with E-state index in [1.165, 1.54) is 0 Å². The fourth-order valence-electron chi connectivity index (χ4n) is 1.17. The summed E-state index contributed by atoms with van der Waals surface area (Å²) in [6, 6.07) is 0.00796. The van der Waals surface area contributed by atoms with Crippen LogP contribution in [0.25, 0.3) is 0 Å². The van der Waals surface area contributed by atoms with Gasteiger partial charge in [-0.1, -0.05) is 20.8 Å². The summed E-state index contributed by atoms with van der Waals surface area (Å²) in [7, 11) is -3.10. The molecule has 98 valence electrons. The minimum absolute atomic E-state index is 0.00796. The molecule has 5 heteroatoms. The predicted molar refractivity (Wildman–Crippen MR) is 69.0 cm³/mol. The number of hydrogen-bond donors (Lipinski definition) is 2. The highest BCUT2D eigenvalue weighted by atomic mass is 32.2. The van der Waals surface area contributed by atoms with E-state index >= 15 is 0 Å². The second kappa shape index (κ2) is 8.03. The molecule has 0 bridgehead atoms. The Hall–Kier alpha value is -0.130. The maximum Gasteiger partial charge on any atom is 0.211 e. The van der Waals surface area contributed by atoms with Crippen LogP contribution in [0.4, 0.5) is 0 Å². The summed E-state index contributed by atoms with van der Waals surface area (Å²) >= 11 is 0. The van der Waals surface area contributed by atoms with Gasteiger partial charge >= 0.3 is 0 Å². The first kappa shape index (κ1) is 15.9. The lowest BCUT2D eigenvalue weighted by molar-refractivity contribution is 0.475. The van der Waals surface area contributed by atoms with E-state index in [4.69, 9.17) is 0 Å². The SMILES string of the molecule is CCCNCCCS(=O)(=O)NC(C)C(C)C. The van der Waals surface area contributed by atoms with E-state index in [-0.39, 0.29) is 11.8 Å². The Bertz CT molecular complexity index is 263. The number of nitrogens with one attached hydrogen (secondary N) is 2. The summed E-state index contributed by atoms with van der Waals surface area (Å²) < 4.78 is 26.0. The van der Waals surface area contributed by atoms with Crippen LogP contribution in [0.3, 0.4) is 0 Å². The maximum atomic E-state index is 11.6. The molecule has 0 fully saturated rings. The number of rotatable bonds is 9. The van der Waals surface area contributed by atoms with Crippen LogP contribution in [-0.2, 0) is 10.0 Å². The largest absolute Gasteiger partial charge is 0.317 e. The van der Waals surface area contributed by atoms with Crippen LogP contribution in [0.5, 0.6) is 0 Å². The lowest BCUT2D eigenvalue weighted by Crippen LogP contribution is -2.38. The molecule has 0 spiro atoms. The third-order valence-electron chi connectivity index (χ3n) is 2.56. The Morgan fingerprint density at radius 2 is 1.75 bits per heavy atom. The molecule has 1 atom stereocenters. The van der Waals surface area contributed by atoms with Crippen molar-refractivity contribution >= 4 is 10.0 Å². The summed E-state index contributed by atoms with van der Waals surface area (Å²) in [4.78, 5) is 0. The molecule has 0 aromatic rings. The number of hydrogen-bond acceptors (Lipinski definition) is 3. The molecule has 0 aliphatic carbocycles. The van der Waals surface area contributed by atoms with E-state index in [2.05, 4.69) is 17.0 Å². The Kier molecular flexibility index (Phi) is 7.97. The van der Waals surface area contributed by atoms with Crippen LogP contribution in [0, 0.1) is 5.92 Å². The molecule has 4 nitrogen and oxygen atoms in total. The first-order chi connectivity index (χ1) is 7.39. The average Bonchev–Trinajstić information content (AvgIpc) is 2.16. The summed E-state index contributed by atoms with van der Waals surface area (Å²) in [5.41, 5.74) is 0. The van der Waals surface area contributed by atoms with Crippen LogP contribution < -0.4 is 10.0 Å². The zero-order valence-electron chi connectivity index (χ0n) is 10.9. The lowest BCUT2D eigenvalue weighted by atomic mass is 10.1. The fraction of sp³-hybridized carbons (Fsp3) is 1.00. The van der Waals surface area contributed by atoms with Crippen molar-refractivity contribution in [2.75, 3.05) is 18.8 Å². The van der Waals surface area contributed by atoms with E-state index in [0.29, 0.717) is 12.3 Å². The minimum Gasteiger partial charge on any atom is -0.317 e. The zero-order valence-corrected chi connectivity index (χ0v) is 11.7. The molecule has 0 aromatic carbocycles. The van der Waals surface area contributed by atoms with Crippen molar-refractivity contribution in [3.05, 3.63) is 0 Å². The van der Waals surface area contributed by atoms with Crippen molar-refractivity contribution in [1.29, 1.82) is 0 Å². The Labute approximate surface area is 100 Å². The Morgan fingerprint density at radius 3 is 2.25 bits per heavy atom. The van der Waals surface area contributed by atoms with Crippen molar-refractivity contribution in [2.45, 2.75) is 46.6 Å². The molecular formula is C11H26N2O2S.